The fraction of sp³-hybridized carbons (Fsp3) is 0.500. The summed E-state index contributed by atoms with van der Waals surface area (Å²) in [5.74, 6) is -0.795. The minimum absolute atomic E-state index is 0.140. The molecule has 3 rings (SSSR count). The summed E-state index contributed by atoms with van der Waals surface area (Å²) in [6, 6.07) is 6.63. The summed E-state index contributed by atoms with van der Waals surface area (Å²) < 4.78 is 5.20. The molecule has 2 aromatic heterocycles. The first-order valence-corrected chi connectivity index (χ1v) is 12.3. The van der Waals surface area contributed by atoms with Crippen molar-refractivity contribution >= 4 is 40.4 Å². The fourth-order valence-electron chi connectivity index (χ4n) is 3.74. The smallest absolute Gasteiger partial charge is 0.261 e. The monoisotopic (exact) mass is 463 g/mol. The summed E-state index contributed by atoms with van der Waals surface area (Å²) in [6.07, 6.45) is 5.34. The molecule has 0 aliphatic heterocycles. The molecule has 168 valence electrons. The Labute approximate surface area is 190 Å². The first-order valence-electron chi connectivity index (χ1n) is 10.5. The van der Waals surface area contributed by atoms with Crippen LogP contribution in [0.5, 0.6) is 0 Å². The minimum Gasteiger partial charge on any atom is -0.383 e. The summed E-state index contributed by atoms with van der Waals surface area (Å²) >= 11 is 2.76. The maximum Gasteiger partial charge on any atom is 0.261 e. The van der Waals surface area contributed by atoms with Crippen LogP contribution in [-0.2, 0) is 14.3 Å². The molecule has 0 radical (unpaired) electrons. The van der Waals surface area contributed by atoms with E-state index in [9.17, 15) is 14.4 Å². The molecule has 7 nitrogen and oxygen atoms in total. The number of carbonyl (C=O) groups is 3. The van der Waals surface area contributed by atoms with Crippen molar-refractivity contribution in [2.45, 2.75) is 44.2 Å². The molecule has 0 spiro atoms. The molecule has 1 aliphatic rings. The number of carbonyl (C=O) groups excluding carboxylic acids is 3. The Morgan fingerprint density at radius 3 is 2.52 bits per heavy atom. The Hall–Kier alpha value is -2.23. The number of thiophene rings is 2. The highest BCUT2D eigenvalue weighted by Crippen LogP contribution is 2.27. The molecular weight excluding hydrogens is 434 g/mol. The van der Waals surface area contributed by atoms with Crippen LogP contribution >= 0.6 is 22.7 Å². The highest BCUT2D eigenvalue weighted by Gasteiger charge is 2.33. The molecule has 2 heterocycles. The second kappa shape index (κ2) is 12.0. The Morgan fingerprint density at radius 2 is 1.87 bits per heavy atom. The van der Waals surface area contributed by atoms with Gasteiger partial charge in [-0.1, -0.05) is 31.4 Å². The molecule has 0 aromatic carbocycles. The molecule has 1 saturated carbocycles. The van der Waals surface area contributed by atoms with E-state index in [-0.39, 0.29) is 36.9 Å². The molecule has 2 aromatic rings. The van der Waals surface area contributed by atoms with Gasteiger partial charge in [0, 0.05) is 24.6 Å². The van der Waals surface area contributed by atoms with E-state index in [4.69, 9.17) is 4.74 Å². The van der Waals surface area contributed by atoms with Gasteiger partial charge < -0.3 is 20.3 Å². The van der Waals surface area contributed by atoms with Gasteiger partial charge in [-0.25, -0.2) is 0 Å². The van der Waals surface area contributed by atoms with Crippen molar-refractivity contribution in [3.8, 4) is 0 Å². The van der Waals surface area contributed by atoms with Crippen LogP contribution in [0.4, 0.5) is 0 Å². The molecule has 0 unspecified atom stereocenters. The van der Waals surface area contributed by atoms with Crippen molar-refractivity contribution in [3.05, 3.63) is 44.8 Å². The average molecular weight is 464 g/mol. The molecule has 9 heteroatoms. The number of nitrogens with zero attached hydrogens (tertiary/aromatic N) is 1. The zero-order valence-electron chi connectivity index (χ0n) is 17.7. The zero-order valence-corrected chi connectivity index (χ0v) is 19.3. The van der Waals surface area contributed by atoms with Crippen molar-refractivity contribution in [1.29, 1.82) is 0 Å². The van der Waals surface area contributed by atoms with E-state index in [1.54, 1.807) is 19.2 Å². The van der Waals surface area contributed by atoms with Gasteiger partial charge in [-0.05, 0) is 35.7 Å². The van der Waals surface area contributed by atoms with Crippen LogP contribution in [0.3, 0.4) is 0 Å². The van der Waals surface area contributed by atoms with E-state index in [1.165, 1.54) is 34.0 Å². The maximum absolute atomic E-state index is 13.3. The van der Waals surface area contributed by atoms with Crippen molar-refractivity contribution in [2.24, 2.45) is 0 Å². The molecule has 1 aliphatic carbocycles. The van der Waals surface area contributed by atoms with Crippen LogP contribution in [0, 0.1) is 0 Å². The van der Waals surface area contributed by atoms with Gasteiger partial charge in [0.15, 0.2) is 0 Å². The van der Waals surface area contributed by atoms with Crippen LogP contribution in [0.1, 0.15) is 52.7 Å². The summed E-state index contributed by atoms with van der Waals surface area (Å²) in [4.78, 5) is 41.6. The number of nitrogens with one attached hydrogen (secondary N) is 2. The predicted octanol–water partition coefficient (Wildman–Crippen LogP) is 3.20. The number of rotatable bonds is 10. The Bertz CT molecular complexity index is 833. The SMILES string of the molecule is COCCN(C(=O)CNC(=O)c1cccs1)[C@@H](C(=O)NC1CCCCC1)c1cccs1. The topological polar surface area (TPSA) is 87.7 Å². The number of methoxy groups -OCH3 is 1. The van der Waals surface area contributed by atoms with Gasteiger partial charge in [0.2, 0.25) is 11.8 Å². The molecular formula is C22H29N3O4S2. The van der Waals surface area contributed by atoms with Crippen LogP contribution < -0.4 is 10.6 Å². The highest BCUT2D eigenvalue weighted by atomic mass is 32.1. The average Bonchev–Trinajstić information content (AvgIpc) is 3.50. The fourth-order valence-corrected chi connectivity index (χ4v) is 5.21. The van der Waals surface area contributed by atoms with Crippen molar-refractivity contribution < 1.29 is 19.1 Å². The summed E-state index contributed by atoms with van der Waals surface area (Å²) in [5.41, 5.74) is 0. The lowest BCUT2D eigenvalue weighted by Gasteiger charge is -2.32. The van der Waals surface area contributed by atoms with E-state index in [2.05, 4.69) is 10.6 Å². The highest BCUT2D eigenvalue weighted by molar-refractivity contribution is 7.12. The molecule has 1 fully saturated rings. The molecule has 2 N–H and O–H groups in total. The van der Waals surface area contributed by atoms with Crippen LogP contribution in [0.15, 0.2) is 35.0 Å². The molecule has 0 saturated heterocycles. The first kappa shape index (κ1) is 23.4. The number of amides is 3. The third kappa shape index (κ3) is 6.62. The zero-order chi connectivity index (χ0) is 22.1. The number of ether oxygens (including phenoxy) is 1. The van der Waals surface area contributed by atoms with E-state index in [1.807, 2.05) is 22.9 Å². The lowest BCUT2D eigenvalue weighted by molar-refractivity contribution is -0.141. The largest absolute Gasteiger partial charge is 0.383 e. The van der Waals surface area contributed by atoms with E-state index < -0.39 is 6.04 Å². The van der Waals surface area contributed by atoms with Crippen LogP contribution in [0.2, 0.25) is 0 Å². The summed E-state index contributed by atoms with van der Waals surface area (Å²) in [6.45, 7) is 0.368. The number of hydrogen-bond acceptors (Lipinski definition) is 6. The Kier molecular flexibility index (Phi) is 9.05. The molecule has 1 atom stereocenters. The summed E-state index contributed by atoms with van der Waals surface area (Å²) in [5, 5.41) is 9.53. The quantitative estimate of drug-likeness (QED) is 0.566. The van der Waals surface area contributed by atoms with E-state index in [0.29, 0.717) is 11.5 Å². The van der Waals surface area contributed by atoms with Gasteiger partial charge in [0.05, 0.1) is 18.0 Å². The van der Waals surface area contributed by atoms with Gasteiger partial charge in [0.25, 0.3) is 5.91 Å². The Balaban J connectivity index is 1.74. The first-order chi connectivity index (χ1) is 15.1. The maximum atomic E-state index is 13.3. The second-order valence-electron chi connectivity index (χ2n) is 7.50. The standard InChI is InChI=1S/C22H29N3O4S2/c1-29-12-11-25(19(26)15-23-21(27)18-10-6-14-31-18)20(17-9-5-13-30-17)22(28)24-16-7-3-2-4-8-16/h5-6,9-10,13-14,16,20H,2-4,7-8,11-12,15H2,1H3,(H,23,27)(H,24,28)/t20-/m1/s1. The van der Waals surface area contributed by atoms with Gasteiger partial charge in [0.1, 0.15) is 6.04 Å². The van der Waals surface area contributed by atoms with E-state index >= 15 is 0 Å². The third-order valence-corrected chi connectivity index (χ3v) is 7.12. The van der Waals surface area contributed by atoms with Crippen molar-refractivity contribution in [2.75, 3.05) is 26.8 Å². The lowest BCUT2D eigenvalue weighted by atomic mass is 9.95. The van der Waals surface area contributed by atoms with Crippen LogP contribution in [-0.4, -0.2) is 55.5 Å². The van der Waals surface area contributed by atoms with Gasteiger partial charge >= 0.3 is 0 Å². The van der Waals surface area contributed by atoms with E-state index in [0.717, 1.165) is 30.6 Å². The lowest BCUT2D eigenvalue weighted by Crippen LogP contribution is -2.50. The Morgan fingerprint density at radius 1 is 1.13 bits per heavy atom. The number of hydrogen-bond donors (Lipinski definition) is 2. The summed E-state index contributed by atoms with van der Waals surface area (Å²) in [7, 11) is 1.56. The molecule has 3 amide bonds. The van der Waals surface area contributed by atoms with Crippen molar-refractivity contribution in [3.63, 3.8) is 0 Å². The van der Waals surface area contributed by atoms with Gasteiger partial charge in [-0.3, -0.25) is 14.4 Å². The van der Waals surface area contributed by atoms with Gasteiger partial charge in [-0.15, -0.1) is 22.7 Å². The minimum atomic E-state index is -0.747. The second-order valence-corrected chi connectivity index (χ2v) is 9.43. The predicted molar refractivity (Wildman–Crippen MR) is 122 cm³/mol. The normalized spacial score (nSPS) is 15.3. The molecule has 0 bridgehead atoms. The van der Waals surface area contributed by atoms with Crippen LogP contribution in [0.25, 0.3) is 0 Å². The third-order valence-electron chi connectivity index (χ3n) is 5.33. The van der Waals surface area contributed by atoms with Crippen molar-refractivity contribution in [1.82, 2.24) is 15.5 Å². The van der Waals surface area contributed by atoms with Gasteiger partial charge in [-0.2, -0.15) is 0 Å². The molecule has 31 heavy (non-hydrogen) atoms.